The van der Waals surface area contributed by atoms with Gasteiger partial charge in [0.25, 0.3) is 0 Å². The minimum atomic E-state index is 0.251. The van der Waals surface area contributed by atoms with Crippen molar-refractivity contribution in [1.29, 1.82) is 0 Å². The van der Waals surface area contributed by atoms with Gasteiger partial charge in [0.15, 0.2) is 0 Å². The van der Waals surface area contributed by atoms with Crippen LogP contribution in [0.15, 0.2) is 109 Å². The molecular formula is C46H44S4. The van der Waals surface area contributed by atoms with Gasteiger partial charge < -0.3 is 0 Å². The smallest absolute Gasteiger partial charge is 0.0723 e. The fourth-order valence-electron chi connectivity index (χ4n) is 7.89. The first-order valence-corrected chi connectivity index (χ1v) is 21.9. The monoisotopic (exact) mass is 724 g/mol. The molecule has 1 saturated heterocycles. The lowest BCUT2D eigenvalue weighted by molar-refractivity contribution is 1.30. The summed E-state index contributed by atoms with van der Waals surface area (Å²) in [4.78, 5) is 0. The zero-order chi connectivity index (χ0) is 35.1. The Bertz CT molecular complexity index is 1840. The van der Waals surface area contributed by atoms with Gasteiger partial charge in [0.2, 0.25) is 0 Å². The van der Waals surface area contributed by atoms with Gasteiger partial charge in [-0.1, -0.05) is 152 Å². The minimum absolute atomic E-state index is 0.251. The third kappa shape index (κ3) is 6.50. The van der Waals surface area contributed by atoms with Gasteiger partial charge in [-0.3, -0.25) is 0 Å². The van der Waals surface area contributed by atoms with Crippen molar-refractivity contribution in [2.45, 2.75) is 64.6 Å². The predicted octanol–water partition coefficient (Wildman–Crippen LogP) is 15.3. The van der Waals surface area contributed by atoms with Gasteiger partial charge >= 0.3 is 0 Å². The van der Waals surface area contributed by atoms with E-state index in [0.717, 1.165) is 0 Å². The number of aryl methyl sites for hydroxylation is 8. The molecule has 7 rings (SSSR count). The molecule has 0 spiro atoms. The molecule has 0 bridgehead atoms. The minimum Gasteiger partial charge on any atom is -0.0723 e. The van der Waals surface area contributed by atoms with Crippen LogP contribution in [0, 0.1) is 55.4 Å². The topological polar surface area (TPSA) is 0 Å². The van der Waals surface area contributed by atoms with Crippen molar-refractivity contribution in [2.75, 3.05) is 0 Å². The summed E-state index contributed by atoms with van der Waals surface area (Å²) in [6, 6.07) is 40.8. The average molecular weight is 725 g/mol. The highest BCUT2D eigenvalue weighted by atomic mass is 33.2. The van der Waals surface area contributed by atoms with Crippen molar-refractivity contribution in [3.05, 3.63) is 165 Å². The van der Waals surface area contributed by atoms with Gasteiger partial charge in [-0.05, 0) is 156 Å². The molecule has 0 unspecified atom stereocenters. The van der Waals surface area contributed by atoms with Crippen LogP contribution in [0.3, 0.4) is 0 Å². The van der Waals surface area contributed by atoms with Crippen molar-refractivity contribution in [3.63, 3.8) is 0 Å². The Morgan fingerprint density at radius 1 is 0.280 bits per heavy atom. The van der Waals surface area contributed by atoms with Gasteiger partial charge in [-0.25, -0.2) is 0 Å². The first-order valence-electron chi connectivity index (χ1n) is 17.3. The number of hydrogen-bond acceptors (Lipinski definition) is 4. The molecule has 1 heterocycles. The third-order valence-corrected chi connectivity index (χ3v) is 17.6. The van der Waals surface area contributed by atoms with Crippen molar-refractivity contribution in [2.24, 2.45) is 0 Å². The van der Waals surface area contributed by atoms with Gasteiger partial charge in [0.1, 0.15) is 0 Å². The molecule has 0 aliphatic carbocycles. The number of rotatable bonds is 6. The standard InChI is InChI=1S/C46H44S4/c1-27-15-9-16-28(2)39(27)35-23-13-24-36(40-29(3)17-10-18-30(40)4)43(35)45-47-49-46(50-48-45)44-37(41-31(5)19-11-20-32(41)6)25-14-26-38(44)42-33(7)21-12-22-34(42)8/h9-26,45-46H,1-8H3. The molecule has 0 N–H and O–H groups in total. The highest BCUT2D eigenvalue weighted by Gasteiger charge is 2.34. The molecule has 0 amide bonds. The first-order chi connectivity index (χ1) is 24.2. The number of hydrogen-bond donors (Lipinski definition) is 0. The van der Waals surface area contributed by atoms with E-state index in [1.807, 2.05) is 43.2 Å². The van der Waals surface area contributed by atoms with E-state index in [4.69, 9.17) is 0 Å². The average Bonchev–Trinajstić information content (AvgIpc) is 3.08. The Morgan fingerprint density at radius 2 is 0.460 bits per heavy atom. The SMILES string of the molecule is Cc1cccc(C)c1-c1cccc(-c2c(C)cccc2C)c1C1SSC(c2c(-c3c(C)cccc3C)cccc2-c2c(C)cccc2C)SS1. The van der Waals surface area contributed by atoms with Crippen LogP contribution in [0.1, 0.15) is 64.8 Å². The van der Waals surface area contributed by atoms with Crippen molar-refractivity contribution >= 4 is 43.2 Å². The summed E-state index contributed by atoms with van der Waals surface area (Å²) in [7, 11) is 8.17. The molecule has 50 heavy (non-hydrogen) atoms. The van der Waals surface area contributed by atoms with Crippen molar-refractivity contribution < 1.29 is 0 Å². The Morgan fingerprint density at radius 3 is 0.660 bits per heavy atom. The maximum atomic E-state index is 2.36. The summed E-state index contributed by atoms with van der Waals surface area (Å²) in [5.41, 5.74) is 24.4. The molecule has 0 nitrogen and oxygen atoms in total. The maximum absolute atomic E-state index is 2.36. The lowest BCUT2D eigenvalue weighted by Crippen LogP contribution is -2.05. The summed E-state index contributed by atoms with van der Waals surface area (Å²) in [6.45, 7) is 18.1. The Hall–Kier alpha value is -3.28. The quantitative estimate of drug-likeness (QED) is 0.157. The summed E-state index contributed by atoms with van der Waals surface area (Å²) >= 11 is 0. The summed E-state index contributed by atoms with van der Waals surface area (Å²) in [5, 5.41) is 0. The summed E-state index contributed by atoms with van der Waals surface area (Å²) in [6.07, 6.45) is 0. The van der Waals surface area contributed by atoms with E-state index in [9.17, 15) is 0 Å². The van der Waals surface area contributed by atoms with E-state index < -0.39 is 0 Å². The van der Waals surface area contributed by atoms with Crippen molar-refractivity contribution in [3.8, 4) is 44.5 Å². The van der Waals surface area contributed by atoms with Crippen LogP contribution < -0.4 is 0 Å². The predicted molar refractivity (Wildman–Crippen MR) is 228 cm³/mol. The fourth-order valence-corrected chi connectivity index (χ4v) is 16.3. The maximum Gasteiger partial charge on any atom is 0.0971 e. The van der Waals surface area contributed by atoms with Gasteiger partial charge in [-0.15, -0.1) is 0 Å². The molecule has 4 heteroatoms. The molecule has 6 aromatic rings. The van der Waals surface area contributed by atoms with E-state index >= 15 is 0 Å². The second kappa shape index (κ2) is 14.8. The summed E-state index contributed by atoms with van der Waals surface area (Å²) in [5.74, 6) is 0. The van der Waals surface area contributed by atoms with Gasteiger partial charge in [0, 0.05) is 0 Å². The van der Waals surface area contributed by atoms with E-state index in [1.165, 1.54) is 100 Å². The molecule has 252 valence electrons. The van der Waals surface area contributed by atoms with E-state index in [1.54, 1.807) is 0 Å². The van der Waals surface area contributed by atoms with Crippen LogP contribution in [0.2, 0.25) is 0 Å². The molecule has 0 radical (unpaired) electrons. The Labute approximate surface area is 315 Å². The van der Waals surface area contributed by atoms with Gasteiger partial charge in [0.05, 0.1) is 9.16 Å². The van der Waals surface area contributed by atoms with E-state index in [0.29, 0.717) is 0 Å². The molecule has 0 atom stereocenters. The fraction of sp³-hybridized carbons (Fsp3) is 0.217. The van der Waals surface area contributed by atoms with Gasteiger partial charge in [-0.2, -0.15) is 0 Å². The zero-order valence-electron chi connectivity index (χ0n) is 30.2. The first kappa shape index (κ1) is 35.1. The summed E-state index contributed by atoms with van der Waals surface area (Å²) < 4.78 is 0.503. The van der Waals surface area contributed by atoms with E-state index in [2.05, 4.69) is 165 Å². The van der Waals surface area contributed by atoms with Crippen LogP contribution >= 0.6 is 43.2 Å². The van der Waals surface area contributed by atoms with Crippen LogP contribution in [-0.2, 0) is 0 Å². The van der Waals surface area contributed by atoms with Crippen LogP contribution in [0.25, 0.3) is 44.5 Å². The molecule has 0 aromatic heterocycles. The number of benzene rings is 6. The molecule has 1 fully saturated rings. The van der Waals surface area contributed by atoms with Crippen LogP contribution in [0.5, 0.6) is 0 Å². The third-order valence-electron chi connectivity index (χ3n) is 10.1. The zero-order valence-corrected chi connectivity index (χ0v) is 33.4. The Kier molecular flexibility index (Phi) is 10.4. The molecule has 0 saturated carbocycles. The van der Waals surface area contributed by atoms with Crippen LogP contribution in [0.4, 0.5) is 0 Å². The van der Waals surface area contributed by atoms with E-state index in [-0.39, 0.29) is 9.16 Å². The second-order valence-corrected chi connectivity index (χ2v) is 19.2. The van der Waals surface area contributed by atoms with Crippen LogP contribution in [-0.4, -0.2) is 0 Å². The van der Waals surface area contributed by atoms with Crippen molar-refractivity contribution in [1.82, 2.24) is 0 Å². The lowest BCUT2D eigenvalue weighted by atomic mass is 9.86. The normalized spacial score (nSPS) is 16.1. The molecule has 1 aliphatic rings. The lowest BCUT2D eigenvalue weighted by Gasteiger charge is -2.32. The molecule has 1 aliphatic heterocycles. The highest BCUT2D eigenvalue weighted by molar-refractivity contribution is 8.92. The largest absolute Gasteiger partial charge is 0.0971 e. The Balaban J connectivity index is 1.37. The second-order valence-electron chi connectivity index (χ2n) is 13.6. The highest BCUT2D eigenvalue weighted by Crippen LogP contribution is 2.69. The molecular weight excluding hydrogens is 681 g/mol. The molecule has 6 aromatic carbocycles.